The lowest BCUT2D eigenvalue weighted by atomic mass is 10.1. The van der Waals surface area contributed by atoms with Crippen LogP contribution in [0.1, 0.15) is 24.4 Å². The number of rotatable bonds is 4. The van der Waals surface area contributed by atoms with Crippen molar-refractivity contribution in [2.24, 2.45) is 0 Å². The second kappa shape index (κ2) is 4.96. The average Bonchev–Trinajstić information content (AvgIpc) is 2.78. The maximum absolute atomic E-state index is 10.8. The highest BCUT2D eigenvalue weighted by Gasteiger charge is 2.14. The number of benzene rings is 1. The number of ether oxygens (including phenoxy) is 1. The number of carboxylic acid groups (broad SMARTS) is 1. The van der Waals surface area contributed by atoms with Crippen LogP contribution in [-0.2, 0) is 0 Å². The van der Waals surface area contributed by atoms with Crippen molar-refractivity contribution < 1.29 is 19.1 Å². The molecule has 4 nitrogen and oxygen atoms in total. The van der Waals surface area contributed by atoms with Crippen LogP contribution in [0.15, 0.2) is 40.8 Å². The number of furan rings is 1. The Bertz CT molecular complexity index is 554. The van der Waals surface area contributed by atoms with Gasteiger partial charge in [0.2, 0.25) is 5.76 Å². The van der Waals surface area contributed by atoms with Crippen LogP contribution in [0, 0.1) is 0 Å². The van der Waals surface area contributed by atoms with Gasteiger partial charge in [-0.1, -0.05) is 12.1 Å². The van der Waals surface area contributed by atoms with E-state index in [1.54, 1.807) is 6.07 Å². The van der Waals surface area contributed by atoms with Gasteiger partial charge in [0.1, 0.15) is 11.5 Å². The fraction of sp³-hybridized carbons (Fsp3) is 0.214. The van der Waals surface area contributed by atoms with E-state index < -0.39 is 5.97 Å². The predicted octanol–water partition coefficient (Wildman–Crippen LogP) is 3.43. The zero-order valence-corrected chi connectivity index (χ0v) is 10.2. The van der Waals surface area contributed by atoms with Crippen LogP contribution in [0.2, 0.25) is 0 Å². The van der Waals surface area contributed by atoms with Gasteiger partial charge in [-0.05, 0) is 38.1 Å². The molecule has 94 valence electrons. The molecule has 0 saturated carbocycles. The van der Waals surface area contributed by atoms with Gasteiger partial charge in [-0.2, -0.15) is 0 Å². The van der Waals surface area contributed by atoms with Crippen molar-refractivity contribution in [3.63, 3.8) is 0 Å². The number of hydrogen-bond acceptors (Lipinski definition) is 3. The molecule has 0 spiro atoms. The Balaban J connectivity index is 2.39. The molecule has 0 radical (unpaired) electrons. The molecule has 0 fully saturated rings. The lowest BCUT2D eigenvalue weighted by Crippen LogP contribution is -2.06. The Labute approximate surface area is 105 Å². The first-order valence-electron chi connectivity index (χ1n) is 5.67. The van der Waals surface area contributed by atoms with Gasteiger partial charge in [0.05, 0.1) is 11.7 Å². The Morgan fingerprint density at radius 3 is 2.56 bits per heavy atom. The van der Waals surface area contributed by atoms with Gasteiger partial charge >= 0.3 is 5.97 Å². The first kappa shape index (κ1) is 12.2. The molecule has 0 aliphatic heterocycles. The van der Waals surface area contributed by atoms with E-state index >= 15 is 0 Å². The van der Waals surface area contributed by atoms with Crippen molar-refractivity contribution in [1.82, 2.24) is 0 Å². The molecule has 2 rings (SSSR count). The van der Waals surface area contributed by atoms with Crippen LogP contribution in [-0.4, -0.2) is 17.2 Å². The number of hydrogen-bond donors (Lipinski definition) is 1. The summed E-state index contributed by atoms with van der Waals surface area (Å²) in [5.41, 5.74) is 0.749. The molecule has 0 aliphatic rings. The van der Waals surface area contributed by atoms with E-state index in [4.69, 9.17) is 14.3 Å². The molecule has 0 amide bonds. The fourth-order valence-corrected chi connectivity index (χ4v) is 1.62. The van der Waals surface area contributed by atoms with Gasteiger partial charge in [0, 0.05) is 0 Å². The first-order valence-corrected chi connectivity index (χ1v) is 5.67. The molecule has 2 aromatic rings. The van der Waals surface area contributed by atoms with Crippen molar-refractivity contribution in [2.45, 2.75) is 20.0 Å². The minimum atomic E-state index is -1.08. The van der Waals surface area contributed by atoms with Crippen molar-refractivity contribution >= 4 is 5.97 Å². The normalized spacial score (nSPS) is 10.6. The predicted molar refractivity (Wildman–Crippen MR) is 66.9 cm³/mol. The number of para-hydroxylation sites is 1. The molecule has 0 aliphatic carbocycles. The van der Waals surface area contributed by atoms with Crippen molar-refractivity contribution in [2.75, 3.05) is 0 Å². The maximum atomic E-state index is 10.8. The Hall–Kier alpha value is -2.23. The second-order valence-electron chi connectivity index (χ2n) is 4.13. The number of carboxylic acids is 1. The van der Waals surface area contributed by atoms with Crippen molar-refractivity contribution in [1.29, 1.82) is 0 Å². The van der Waals surface area contributed by atoms with Gasteiger partial charge in [0.25, 0.3) is 0 Å². The lowest BCUT2D eigenvalue weighted by Gasteiger charge is -2.12. The van der Waals surface area contributed by atoms with Gasteiger partial charge in [-0.25, -0.2) is 4.79 Å². The largest absolute Gasteiger partial charge is 0.490 e. The number of aromatic carboxylic acids is 1. The zero-order valence-electron chi connectivity index (χ0n) is 10.2. The fourth-order valence-electron chi connectivity index (χ4n) is 1.62. The van der Waals surface area contributed by atoms with Crippen molar-refractivity contribution in [3.05, 3.63) is 42.2 Å². The molecular formula is C14H14O4. The first-order chi connectivity index (χ1) is 8.58. The SMILES string of the molecule is CC(C)Oc1ccccc1-c1ccc(C(=O)O)o1. The summed E-state index contributed by atoms with van der Waals surface area (Å²) in [5, 5.41) is 8.83. The van der Waals surface area contributed by atoms with Crippen LogP contribution >= 0.6 is 0 Å². The average molecular weight is 246 g/mol. The molecule has 0 unspecified atom stereocenters. The smallest absolute Gasteiger partial charge is 0.371 e. The third-order valence-electron chi connectivity index (χ3n) is 2.33. The Morgan fingerprint density at radius 2 is 1.94 bits per heavy atom. The zero-order chi connectivity index (χ0) is 13.1. The topological polar surface area (TPSA) is 59.7 Å². The van der Waals surface area contributed by atoms with E-state index in [1.807, 2.05) is 38.1 Å². The van der Waals surface area contributed by atoms with Gasteiger partial charge in [-0.15, -0.1) is 0 Å². The van der Waals surface area contributed by atoms with Gasteiger partial charge in [-0.3, -0.25) is 0 Å². The standard InChI is InChI=1S/C14H14O4/c1-9(2)17-11-6-4-3-5-10(11)12-7-8-13(18-12)14(15)16/h3-9H,1-2H3,(H,15,16). The minimum Gasteiger partial charge on any atom is -0.490 e. The van der Waals surface area contributed by atoms with E-state index in [9.17, 15) is 4.79 Å². The Morgan fingerprint density at radius 1 is 1.22 bits per heavy atom. The van der Waals surface area contributed by atoms with Crippen molar-refractivity contribution in [3.8, 4) is 17.1 Å². The van der Waals surface area contributed by atoms with Crippen LogP contribution in [0.4, 0.5) is 0 Å². The van der Waals surface area contributed by atoms with E-state index in [0.717, 1.165) is 5.56 Å². The quantitative estimate of drug-likeness (QED) is 0.897. The molecule has 1 aromatic heterocycles. The highest BCUT2D eigenvalue weighted by molar-refractivity contribution is 5.85. The highest BCUT2D eigenvalue weighted by Crippen LogP contribution is 2.31. The molecule has 1 N–H and O–H groups in total. The maximum Gasteiger partial charge on any atom is 0.371 e. The third kappa shape index (κ3) is 2.53. The summed E-state index contributed by atoms with van der Waals surface area (Å²) in [6, 6.07) is 10.4. The summed E-state index contributed by atoms with van der Waals surface area (Å²) >= 11 is 0. The van der Waals surface area contributed by atoms with Gasteiger partial charge < -0.3 is 14.3 Å². The molecule has 0 atom stereocenters. The van der Waals surface area contributed by atoms with Gasteiger partial charge in [0.15, 0.2) is 0 Å². The summed E-state index contributed by atoms with van der Waals surface area (Å²) in [7, 11) is 0. The summed E-state index contributed by atoms with van der Waals surface area (Å²) in [6.45, 7) is 3.86. The highest BCUT2D eigenvalue weighted by atomic mass is 16.5. The summed E-state index contributed by atoms with van der Waals surface area (Å²) in [5.74, 6) is 0.00954. The lowest BCUT2D eigenvalue weighted by molar-refractivity contribution is 0.0663. The van der Waals surface area contributed by atoms with Crippen LogP contribution in [0.25, 0.3) is 11.3 Å². The van der Waals surface area contributed by atoms with E-state index in [2.05, 4.69) is 0 Å². The van der Waals surface area contributed by atoms with Crippen LogP contribution in [0.3, 0.4) is 0 Å². The molecule has 4 heteroatoms. The monoisotopic (exact) mass is 246 g/mol. The summed E-state index contributed by atoms with van der Waals surface area (Å²) < 4.78 is 10.9. The summed E-state index contributed by atoms with van der Waals surface area (Å²) in [6.07, 6.45) is 0.0417. The van der Waals surface area contributed by atoms with E-state index in [0.29, 0.717) is 11.5 Å². The molecule has 18 heavy (non-hydrogen) atoms. The molecule has 0 saturated heterocycles. The van der Waals surface area contributed by atoms with Crippen LogP contribution in [0.5, 0.6) is 5.75 Å². The third-order valence-corrected chi connectivity index (χ3v) is 2.33. The molecule has 1 heterocycles. The number of carbonyl (C=O) groups is 1. The Kier molecular flexibility index (Phi) is 3.37. The summed E-state index contributed by atoms with van der Waals surface area (Å²) in [4.78, 5) is 10.8. The van der Waals surface area contributed by atoms with E-state index in [-0.39, 0.29) is 11.9 Å². The van der Waals surface area contributed by atoms with E-state index in [1.165, 1.54) is 6.07 Å². The minimum absolute atomic E-state index is 0.0417. The molecule has 1 aromatic carbocycles. The molecular weight excluding hydrogens is 232 g/mol. The van der Waals surface area contributed by atoms with Crippen LogP contribution < -0.4 is 4.74 Å². The second-order valence-corrected chi connectivity index (χ2v) is 4.13. The molecule has 0 bridgehead atoms.